The van der Waals surface area contributed by atoms with Crippen molar-refractivity contribution in [2.45, 2.75) is 13.1 Å². The summed E-state index contributed by atoms with van der Waals surface area (Å²) in [6.07, 6.45) is -3.31. The van der Waals surface area contributed by atoms with E-state index in [2.05, 4.69) is 20.8 Å². The van der Waals surface area contributed by atoms with Crippen LogP contribution in [0.25, 0.3) is 0 Å². The van der Waals surface area contributed by atoms with Crippen LogP contribution in [-0.2, 0) is 6.18 Å². The fraction of sp³-hybridized carbons (Fsp3) is 0.118. The van der Waals surface area contributed by atoms with Crippen LogP contribution in [0.4, 0.5) is 30.5 Å². The molecule has 0 radical (unpaired) electrons. The number of aromatic nitrogens is 2. The SMILES string of the molecule is Cc1cc(Nc2ccc(C(=O)Nc3ccccc3C(F)(F)F)cn2)no1. The molecule has 0 saturated heterocycles. The van der Waals surface area contributed by atoms with Crippen LogP contribution in [-0.4, -0.2) is 16.0 Å². The van der Waals surface area contributed by atoms with Crippen LogP contribution in [0.15, 0.2) is 53.2 Å². The van der Waals surface area contributed by atoms with Gasteiger partial charge in [-0.3, -0.25) is 4.79 Å². The van der Waals surface area contributed by atoms with Crippen molar-refractivity contribution in [3.8, 4) is 0 Å². The second kappa shape index (κ2) is 6.87. The Balaban J connectivity index is 1.73. The molecular formula is C17H13F3N4O2. The highest BCUT2D eigenvalue weighted by molar-refractivity contribution is 6.04. The molecule has 3 rings (SSSR count). The molecule has 0 atom stereocenters. The van der Waals surface area contributed by atoms with Crippen LogP contribution in [0.2, 0.25) is 0 Å². The molecule has 0 unspecified atom stereocenters. The van der Waals surface area contributed by atoms with E-state index in [-0.39, 0.29) is 11.3 Å². The molecule has 0 fully saturated rings. The molecule has 0 aliphatic carbocycles. The third-order valence-corrected chi connectivity index (χ3v) is 3.39. The van der Waals surface area contributed by atoms with Gasteiger partial charge in [-0.05, 0) is 31.2 Å². The van der Waals surface area contributed by atoms with Gasteiger partial charge in [-0.1, -0.05) is 17.3 Å². The number of pyridine rings is 1. The Morgan fingerprint density at radius 1 is 1.12 bits per heavy atom. The molecule has 0 saturated carbocycles. The van der Waals surface area contributed by atoms with Crippen molar-refractivity contribution in [1.29, 1.82) is 0 Å². The number of nitrogens with one attached hydrogen (secondary N) is 2. The second-order valence-corrected chi connectivity index (χ2v) is 5.38. The average molecular weight is 362 g/mol. The predicted octanol–water partition coefficient (Wildman–Crippen LogP) is 4.39. The molecule has 1 aromatic carbocycles. The second-order valence-electron chi connectivity index (χ2n) is 5.38. The van der Waals surface area contributed by atoms with Crippen molar-refractivity contribution < 1.29 is 22.5 Å². The normalized spacial score (nSPS) is 11.2. The summed E-state index contributed by atoms with van der Waals surface area (Å²) < 4.78 is 43.8. The first-order chi connectivity index (χ1) is 12.3. The van der Waals surface area contributed by atoms with Gasteiger partial charge in [-0.2, -0.15) is 13.2 Å². The number of hydrogen-bond acceptors (Lipinski definition) is 5. The Bertz CT molecular complexity index is 920. The number of nitrogens with zero attached hydrogens (tertiary/aromatic N) is 2. The Morgan fingerprint density at radius 3 is 2.50 bits per heavy atom. The monoisotopic (exact) mass is 362 g/mol. The number of alkyl halides is 3. The lowest BCUT2D eigenvalue weighted by Crippen LogP contribution is -2.16. The number of aryl methyl sites for hydroxylation is 1. The van der Waals surface area contributed by atoms with Gasteiger partial charge in [0.15, 0.2) is 5.82 Å². The van der Waals surface area contributed by atoms with Crippen LogP contribution in [0.5, 0.6) is 0 Å². The number of benzene rings is 1. The molecule has 0 aliphatic heterocycles. The molecule has 2 heterocycles. The van der Waals surface area contributed by atoms with E-state index in [1.54, 1.807) is 13.0 Å². The van der Waals surface area contributed by atoms with E-state index in [1.807, 2.05) is 0 Å². The number of rotatable bonds is 4. The Hall–Kier alpha value is -3.36. The maximum Gasteiger partial charge on any atom is 0.418 e. The van der Waals surface area contributed by atoms with Crippen molar-refractivity contribution in [3.05, 3.63) is 65.5 Å². The molecule has 6 nitrogen and oxygen atoms in total. The Kier molecular flexibility index (Phi) is 4.61. The highest BCUT2D eigenvalue weighted by atomic mass is 19.4. The molecule has 2 N–H and O–H groups in total. The minimum Gasteiger partial charge on any atom is -0.360 e. The van der Waals surface area contributed by atoms with Gasteiger partial charge in [0.25, 0.3) is 5.91 Å². The van der Waals surface area contributed by atoms with Gasteiger partial charge in [-0.15, -0.1) is 0 Å². The molecule has 0 aliphatic rings. The number of carbonyl (C=O) groups excluding carboxylic acids is 1. The summed E-state index contributed by atoms with van der Waals surface area (Å²) in [5.41, 5.74) is -1.12. The molecule has 9 heteroatoms. The number of para-hydroxylation sites is 1. The van der Waals surface area contributed by atoms with Crippen LogP contribution >= 0.6 is 0 Å². The largest absolute Gasteiger partial charge is 0.418 e. The Morgan fingerprint density at radius 2 is 1.88 bits per heavy atom. The van der Waals surface area contributed by atoms with Gasteiger partial charge >= 0.3 is 6.18 Å². The minimum absolute atomic E-state index is 0.115. The summed E-state index contributed by atoms with van der Waals surface area (Å²) >= 11 is 0. The van der Waals surface area contributed by atoms with Crippen molar-refractivity contribution in [2.24, 2.45) is 0 Å². The van der Waals surface area contributed by atoms with Crippen LogP contribution in [0, 0.1) is 6.92 Å². The standard InChI is InChI=1S/C17H13F3N4O2/c1-10-8-15(24-26-10)23-14-7-6-11(9-21-14)16(25)22-13-5-3-2-4-12(13)17(18,19)20/h2-9H,1H3,(H,22,25)(H,21,23,24). The van der Waals surface area contributed by atoms with Crippen molar-refractivity contribution in [2.75, 3.05) is 10.6 Å². The minimum atomic E-state index is -4.56. The zero-order chi connectivity index (χ0) is 18.7. The van der Waals surface area contributed by atoms with Crippen LogP contribution < -0.4 is 10.6 Å². The maximum absolute atomic E-state index is 13.0. The van der Waals surface area contributed by atoms with E-state index in [9.17, 15) is 18.0 Å². The number of anilines is 3. The molecule has 3 aromatic rings. The molecular weight excluding hydrogens is 349 g/mol. The highest BCUT2D eigenvalue weighted by Gasteiger charge is 2.33. The lowest BCUT2D eigenvalue weighted by molar-refractivity contribution is -0.136. The van der Waals surface area contributed by atoms with Gasteiger partial charge < -0.3 is 15.2 Å². The third-order valence-electron chi connectivity index (χ3n) is 3.39. The fourth-order valence-corrected chi connectivity index (χ4v) is 2.19. The third kappa shape index (κ3) is 4.00. The van der Waals surface area contributed by atoms with Gasteiger partial charge in [0.2, 0.25) is 0 Å². The molecule has 1 amide bonds. The first-order valence-corrected chi connectivity index (χ1v) is 7.47. The quantitative estimate of drug-likeness (QED) is 0.719. The molecule has 0 bridgehead atoms. The number of carbonyl (C=O) groups is 1. The zero-order valence-corrected chi connectivity index (χ0v) is 13.5. The fourth-order valence-electron chi connectivity index (χ4n) is 2.19. The number of amides is 1. The highest BCUT2D eigenvalue weighted by Crippen LogP contribution is 2.34. The maximum atomic E-state index is 13.0. The Labute approximate surface area is 146 Å². The molecule has 26 heavy (non-hydrogen) atoms. The number of hydrogen-bond donors (Lipinski definition) is 2. The van der Waals surface area contributed by atoms with Gasteiger partial charge in [-0.25, -0.2) is 4.98 Å². The van der Waals surface area contributed by atoms with Gasteiger partial charge in [0, 0.05) is 12.3 Å². The molecule has 0 spiro atoms. The topological polar surface area (TPSA) is 80.0 Å². The summed E-state index contributed by atoms with van der Waals surface area (Å²) in [4.78, 5) is 16.2. The van der Waals surface area contributed by atoms with Gasteiger partial charge in [0.1, 0.15) is 11.6 Å². The van der Waals surface area contributed by atoms with Crippen molar-refractivity contribution in [3.63, 3.8) is 0 Å². The van der Waals surface area contributed by atoms with E-state index in [4.69, 9.17) is 4.52 Å². The summed E-state index contributed by atoms with van der Waals surface area (Å²) in [6.45, 7) is 1.73. The van der Waals surface area contributed by atoms with Crippen LogP contribution in [0.1, 0.15) is 21.7 Å². The smallest absolute Gasteiger partial charge is 0.360 e. The average Bonchev–Trinajstić information content (AvgIpc) is 3.00. The van der Waals surface area contributed by atoms with E-state index in [0.717, 1.165) is 6.07 Å². The van der Waals surface area contributed by atoms with E-state index in [1.165, 1.54) is 36.5 Å². The predicted molar refractivity (Wildman–Crippen MR) is 88.2 cm³/mol. The number of halogens is 3. The van der Waals surface area contributed by atoms with E-state index in [0.29, 0.717) is 17.4 Å². The van der Waals surface area contributed by atoms with E-state index < -0.39 is 17.6 Å². The summed E-state index contributed by atoms with van der Waals surface area (Å²) in [5, 5.41) is 8.88. The van der Waals surface area contributed by atoms with Crippen LogP contribution in [0.3, 0.4) is 0 Å². The summed E-state index contributed by atoms with van der Waals surface area (Å²) in [6, 6.07) is 9.37. The van der Waals surface area contributed by atoms with Crippen molar-refractivity contribution in [1.82, 2.24) is 10.1 Å². The molecule has 2 aromatic heterocycles. The first kappa shape index (κ1) is 17.5. The first-order valence-electron chi connectivity index (χ1n) is 7.47. The zero-order valence-electron chi connectivity index (χ0n) is 13.5. The molecule has 134 valence electrons. The summed E-state index contributed by atoms with van der Waals surface area (Å²) in [5.74, 6) is 0.779. The lowest BCUT2D eigenvalue weighted by atomic mass is 10.1. The lowest BCUT2D eigenvalue weighted by Gasteiger charge is -2.13. The van der Waals surface area contributed by atoms with Crippen molar-refractivity contribution >= 4 is 23.2 Å². The van der Waals surface area contributed by atoms with E-state index >= 15 is 0 Å². The van der Waals surface area contributed by atoms with Gasteiger partial charge in [0.05, 0.1) is 16.8 Å². The summed E-state index contributed by atoms with van der Waals surface area (Å²) in [7, 11) is 0.